The van der Waals surface area contributed by atoms with Crippen molar-refractivity contribution in [3.63, 3.8) is 0 Å². The minimum atomic E-state index is -2.62. The molecule has 1 aromatic carbocycles. The lowest BCUT2D eigenvalue weighted by atomic mass is 9.80. The van der Waals surface area contributed by atoms with Crippen molar-refractivity contribution >= 4 is 8.60 Å². The van der Waals surface area contributed by atoms with Crippen LogP contribution in [-0.4, -0.2) is 21.3 Å². The van der Waals surface area contributed by atoms with Crippen LogP contribution in [0, 0.1) is 6.92 Å². The fourth-order valence-electron chi connectivity index (χ4n) is 2.68. The van der Waals surface area contributed by atoms with Gasteiger partial charge in [0.1, 0.15) is 5.75 Å². The van der Waals surface area contributed by atoms with Crippen molar-refractivity contribution in [1.29, 1.82) is 0 Å². The van der Waals surface area contributed by atoms with E-state index in [-0.39, 0.29) is 5.41 Å². The lowest BCUT2D eigenvalue weighted by molar-refractivity contribution is 0.300. The maximum Gasteiger partial charge on any atom is 0.324 e. The summed E-state index contributed by atoms with van der Waals surface area (Å²) in [6, 6.07) is 4.39. The highest BCUT2D eigenvalue weighted by Gasteiger charge is 2.23. The molecule has 1 rings (SSSR count). The third-order valence-corrected chi connectivity index (χ3v) is 3.79. The molecular formula is C19H35O4P. The molecule has 0 radical (unpaired) electrons. The zero-order valence-electron chi connectivity index (χ0n) is 16.1. The van der Waals surface area contributed by atoms with E-state index in [1.807, 2.05) is 0 Å². The van der Waals surface area contributed by atoms with Gasteiger partial charge in [0.15, 0.2) is 0 Å². The number of unbranched alkanes of at least 4 members (excludes halogenated alkanes) is 2. The molecule has 1 aromatic rings. The Morgan fingerprint density at radius 2 is 1.54 bits per heavy atom. The van der Waals surface area contributed by atoms with Gasteiger partial charge in [0.25, 0.3) is 0 Å². The second-order valence-corrected chi connectivity index (χ2v) is 7.59. The monoisotopic (exact) mass is 358 g/mol. The predicted molar refractivity (Wildman–Crippen MR) is 102 cm³/mol. The van der Waals surface area contributed by atoms with Crippen LogP contribution in [-0.2, 0) is 11.8 Å². The van der Waals surface area contributed by atoms with E-state index in [2.05, 4.69) is 53.7 Å². The van der Waals surface area contributed by atoms with Crippen LogP contribution in [0.25, 0.3) is 0 Å². The Morgan fingerprint density at radius 3 is 2.00 bits per heavy atom. The molecule has 4 nitrogen and oxygen atoms in total. The minimum absolute atomic E-state index is 0.136. The number of hydrogen-bond donors (Lipinski definition) is 3. The van der Waals surface area contributed by atoms with E-state index in [1.165, 1.54) is 42.4 Å². The minimum Gasteiger partial charge on any atom is -0.493 e. The van der Waals surface area contributed by atoms with Gasteiger partial charge in [0.05, 0.1) is 6.61 Å². The molecule has 0 heterocycles. The van der Waals surface area contributed by atoms with Gasteiger partial charge in [0, 0.05) is 5.56 Å². The molecule has 0 aliphatic heterocycles. The number of rotatable bonds is 7. The Hall–Kier alpha value is -0.670. The molecule has 0 fully saturated rings. The molecule has 0 aromatic heterocycles. The first-order valence-corrected chi connectivity index (χ1v) is 9.97. The topological polar surface area (TPSA) is 69.9 Å². The molecule has 0 spiro atoms. The van der Waals surface area contributed by atoms with Crippen LogP contribution in [0.3, 0.4) is 0 Å². The molecule has 140 valence electrons. The van der Waals surface area contributed by atoms with Gasteiger partial charge in [-0.1, -0.05) is 53.5 Å². The first-order valence-electron chi connectivity index (χ1n) is 8.77. The van der Waals surface area contributed by atoms with Gasteiger partial charge in [0.2, 0.25) is 0 Å². The van der Waals surface area contributed by atoms with Gasteiger partial charge in [-0.3, -0.25) is 0 Å². The molecule has 0 saturated carbocycles. The van der Waals surface area contributed by atoms with Gasteiger partial charge in [-0.05, 0) is 48.8 Å². The molecule has 0 atom stereocenters. The zero-order valence-corrected chi connectivity index (χ0v) is 17.0. The Kier molecular flexibility index (Phi) is 11.5. The first kappa shape index (κ1) is 23.3. The van der Waals surface area contributed by atoms with Crippen LogP contribution >= 0.6 is 8.60 Å². The van der Waals surface area contributed by atoms with E-state index in [0.29, 0.717) is 0 Å². The summed E-state index contributed by atoms with van der Waals surface area (Å²) in [4.78, 5) is 21.7. The maximum absolute atomic E-state index is 7.23. The maximum atomic E-state index is 7.23. The predicted octanol–water partition coefficient (Wildman–Crippen LogP) is 5.00. The highest BCUT2D eigenvalue weighted by atomic mass is 31.2. The van der Waals surface area contributed by atoms with Gasteiger partial charge >= 0.3 is 8.60 Å². The second-order valence-electron chi connectivity index (χ2n) is 7.06. The average Bonchev–Trinajstić information content (AvgIpc) is 2.45. The second kappa shape index (κ2) is 11.8. The molecule has 0 aliphatic carbocycles. The van der Waals surface area contributed by atoms with E-state index in [9.17, 15) is 0 Å². The molecule has 3 N–H and O–H groups in total. The molecule has 0 bridgehead atoms. The summed E-state index contributed by atoms with van der Waals surface area (Å²) in [5, 5.41) is 0. The first-order chi connectivity index (χ1) is 11.1. The quantitative estimate of drug-likeness (QED) is 0.474. The van der Waals surface area contributed by atoms with Gasteiger partial charge < -0.3 is 19.4 Å². The highest BCUT2D eigenvalue weighted by molar-refractivity contribution is 7.38. The van der Waals surface area contributed by atoms with Crippen LogP contribution in [0.15, 0.2) is 12.1 Å². The summed E-state index contributed by atoms with van der Waals surface area (Å²) in [6.07, 6.45) is 5.97. The Labute approximate surface area is 148 Å². The van der Waals surface area contributed by atoms with Gasteiger partial charge in [-0.25, -0.2) is 0 Å². The Bertz CT molecular complexity index is 464. The van der Waals surface area contributed by atoms with Crippen LogP contribution in [0.2, 0.25) is 0 Å². The Balaban J connectivity index is 0.00000118. The van der Waals surface area contributed by atoms with Crippen molar-refractivity contribution in [3.05, 3.63) is 28.8 Å². The normalized spacial score (nSPS) is 11.2. The number of benzene rings is 1. The van der Waals surface area contributed by atoms with Crippen LogP contribution < -0.4 is 4.74 Å². The van der Waals surface area contributed by atoms with Crippen LogP contribution in [0.5, 0.6) is 5.75 Å². The van der Waals surface area contributed by atoms with Gasteiger partial charge in [-0.2, -0.15) is 0 Å². The van der Waals surface area contributed by atoms with Crippen LogP contribution in [0.4, 0.5) is 0 Å². The summed E-state index contributed by atoms with van der Waals surface area (Å²) in [6.45, 7) is 14.4. The highest BCUT2D eigenvalue weighted by Crippen LogP contribution is 2.37. The summed E-state index contributed by atoms with van der Waals surface area (Å²) < 4.78 is 6.08. The zero-order chi connectivity index (χ0) is 18.8. The van der Waals surface area contributed by atoms with E-state index in [1.54, 1.807) is 0 Å². The van der Waals surface area contributed by atoms with Crippen LogP contribution in [0.1, 0.15) is 77.0 Å². The van der Waals surface area contributed by atoms with Crippen molar-refractivity contribution < 1.29 is 19.4 Å². The standard InChI is InChI=1S/C19H32O.H3O3P/c1-7-9-11-16-15(3)12-13-17(20-14-10-8-2)18(16)19(4,5)6;1-4(2)3/h12-13H,7-11,14H2,1-6H3;1-3H. The third kappa shape index (κ3) is 8.98. The SMILES string of the molecule is CCCCOc1ccc(C)c(CCCC)c1C(C)(C)C.OP(O)O. The van der Waals surface area contributed by atoms with E-state index >= 15 is 0 Å². The summed E-state index contributed by atoms with van der Waals surface area (Å²) in [5.74, 6) is 1.10. The molecule has 0 aliphatic rings. The molecular weight excluding hydrogens is 323 g/mol. The molecule has 5 heteroatoms. The molecule has 0 amide bonds. The van der Waals surface area contributed by atoms with E-state index < -0.39 is 8.60 Å². The third-order valence-electron chi connectivity index (χ3n) is 3.79. The van der Waals surface area contributed by atoms with Crippen molar-refractivity contribution in [2.24, 2.45) is 0 Å². The van der Waals surface area contributed by atoms with Gasteiger partial charge in [-0.15, -0.1) is 0 Å². The summed E-state index contributed by atoms with van der Waals surface area (Å²) in [7, 11) is -2.62. The van der Waals surface area contributed by atoms with Crippen molar-refractivity contribution in [3.8, 4) is 5.75 Å². The average molecular weight is 358 g/mol. The van der Waals surface area contributed by atoms with Crippen molar-refractivity contribution in [2.45, 2.75) is 79.1 Å². The molecule has 0 saturated heterocycles. The largest absolute Gasteiger partial charge is 0.493 e. The van der Waals surface area contributed by atoms with Crippen molar-refractivity contribution in [2.75, 3.05) is 6.61 Å². The molecule has 24 heavy (non-hydrogen) atoms. The number of ether oxygens (including phenoxy) is 1. The smallest absolute Gasteiger partial charge is 0.324 e. The number of aryl methyl sites for hydroxylation is 1. The van der Waals surface area contributed by atoms with Crippen molar-refractivity contribution in [1.82, 2.24) is 0 Å². The molecule has 0 unspecified atom stereocenters. The lowest BCUT2D eigenvalue weighted by Crippen LogP contribution is -2.18. The van der Waals surface area contributed by atoms with E-state index in [0.717, 1.165) is 18.8 Å². The fraction of sp³-hybridized carbons (Fsp3) is 0.684. The number of hydrogen-bond acceptors (Lipinski definition) is 4. The summed E-state index contributed by atoms with van der Waals surface area (Å²) in [5.41, 5.74) is 4.47. The van der Waals surface area contributed by atoms with E-state index in [4.69, 9.17) is 19.4 Å². The summed E-state index contributed by atoms with van der Waals surface area (Å²) >= 11 is 0. The Morgan fingerprint density at radius 1 is 1.00 bits per heavy atom. The fourth-order valence-corrected chi connectivity index (χ4v) is 2.68. The lowest BCUT2D eigenvalue weighted by Gasteiger charge is -2.27.